The van der Waals surface area contributed by atoms with Crippen LogP contribution < -0.4 is 0 Å². The van der Waals surface area contributed by atoms with Crippen LogP contribution >= 0.6 is 11.8 Å². The number of thioether (sulfide) groups is 1. The smallest absolute Gasteiger partial charge is 0.344 e. The highest BCUT2D eigenvalue weighted by molar-refractivity contribution is 7.99. The van der Waals surface area contributed by atoms with Gasteiger partial charge in [0.2, 0.25) is 0 Å². The molecule has 20 heavy (non-hydrogen) atoms. The Morgan fingerprint density at radius 1 is 1.45 bits per heavy atom. The number of ether oxygens (including phenoxy) is 1. The summed E-state index contributed by atoms with van der Waals surface area (Å²) in [5.41, 5.74) is 0.125. The molecule has 0 unspecified atom stereocenters. The number of aliphatic hydroxyl groups is 1. The molecule has 0 aromatic carbocycles. The molecule has 0 saturated carbocycles. The zero-order chi connectivity index (χ0) is 14.6. The van der Waals surface area contributed by atoms with Crippen molar-refractivity contribution in [2.75, 3.05) is 18.1 Å². The zero-order valence-corrected chi connectivity index (χ0v) is 12.8. The molecule has 0 aliphatic carbocycles. The SMILES string of the molecule is CCON=C(CC)C1=C(O)CC2(CCSCC2)OC1=O. The molecule has 1 fully saturated rings. The van der Waals surface area contributed by atoms with Crippen LogP contribution in [0.4, 0.5) is 0 Å². The highest BCUT2D eigenvalue weighted by atomic mass is 32.2. The molecule has 0 bridgehead atoms. The highest BCUT2D eigenvalue weighted by Gasteiger charge is 2.43. The van der Waals surface area contributed by atoms with Crippen molar-refractivity contribution in [1.82, 2.24) is 0 Å². The summed E-state index contributed by atoms with van der Waals surface area (Å²) >= 11 is 1.85. The van der Waals surface area contributed by atoms with Crippen molar-refractivity contribution >= 4 is 23.4 Å². The summed E-state index contributed by atoms with van der Waals surface area (Å²) in [4.78, 5) is 17.3. The minimum atomic E-state index is -0.514. The summed E-state index contributed by atoms with van der Waals surface area (Å²) in [6, 6.07) is 0. The van der Waals surface area contributed by atoms with Gasteiger partial charge in [0.15, 0.2) is 0 Å². The Morgan fingerprint density at radius 2 is 2.15 bits per heavy atom. The highest BCUT2D eigenvalue weighted by Crippen LogP contribution is 2.39. The van der Waals surface area contributed by atoms with Gasteiger partial charge in [0.05, 0.1) is 5.71 Å². The molecule has 2 heterocycles. The summed E-state index contributed by atoms with van der Waals surface area (Å²) in [7, 11) is 0. The van der Waals surface area contributed by atoms with E-state index in [2.05, 4.69) is 5.16 Å². The molecule has 1 N–H and O–H groups in total. The third-order valence-corrected chi connectivity index (χ3v) is 4.61. The Labute approximate surface area is 123 Å². The number of carbonyl (C=O) groups is 1. The quantitative estimate of drug-likeness (QED) is 0.491. The van der Waals surface area contributed by atoms with E-state index < -0.39 is 11.6 Å². The van der Waals surface area contributed by atoms with Crippen molar-refractivity contribution in [1.29, 1.82) is 0 Å². The molecular formula is C14H21NO4S. The van der Waals surface area contributed by atoms with Gasteiger partial charge in [0, 0.05) is 6.42 Å². The first-order valence-corrected chi connectivity index (χ1v) is 8.19. The van der Waals surface area contributed by atoms with Crippen LogP contribution in [0, 0.1) is 0 Å². The second kappa shape index (κ2) is 6.52. The van der Waals surface area contributed by atoms with Gasteiger partial charge >= 0.3 is 5.97 Å². The fourth-order valence-corrected chi connectivity index (χ4v) is 3.77. The van der Waals surface area contributed by atoms with Crippen LogP contribution in [0.3, 0.4) is 0 Å². The summed E-state index contributed by atoms with van der Waals surface area (Å²) < 4.78 is 5.65. The molecule has 0 aromatic rings. The Balaban J connectivity index is 2.25. The second-order valence-electron chi connectivity index (χ2n) is 4.99. The van der Waals surface area contributed by atoms with Gasteiger partial charge in [0.1, 0.15) is 23.5 Å². The van der Waals surface area contributed by atoms with E-state index in [1.165, 1.54) is 0 Å². The summed E-state index contributed by atoms with van der Waals surface area (Å²) in [6.07, 6.45) is 2.49. The maximum Gasteiger partial charge on any atom is 0.344 e. The zero-order valence-electron chi connectivity index (χ0n) is 12.0. The molecule has 0 atom stereocenters. The van der Waals surface area contributed by atoms with E-state index in [9.17, 15) is 9.90 Å². The monoisotopic (exact) mass is 299 g/mol. The van der Waals surface area contributed by atoms with E-state index >= 15 is 0 Å². The molecule has 5 nitrogen and oxygen atoms in total. The first kappa shape index (κ1) is 15.2. The number of rotatable bonds is 4. The second-order valence-corrected chi connectivity index (χ2v) is 6.22. The number of hydrogen-bond acceptors (Lipinski definition) is 6. The van der Waals surface area contributed by atoms with Crippen molar-refractivity contribution in [3.05, 3.63) is 11.3 Å². The molecule has 1 spiro atoms. The van der Waals surface area contributed by atoms with Gasteiger partial charge in [-0.2, -0.15) is 11.8 Å². The number of oxime groups is 1. The average Bonchev–Trinajstić information content (AvgIpc) is 2.42. The Hall–Kier alpha value is -1.17. The van der Waals surface area contributed by atoms with Gasteiger partial charge in [-0.05, 0) is 37.7 Å². The van der Waals surface area contributed by atoms with Gasteiger partial charge in [-0.25, -0.2) is 4.79 Å². The third kappa shape index (κ3) is 3.11. The number of carbonyl (C=O) groups excluding carboxylic acids is 1. The molecule has 6 heteroatoms. The normalized spacial score (nSPS) is 22.9. The number of nitrogens with zero attached hydrogens (tertiary/aromatic N) is 1. The first-order valence-electron chi connectivity index (χ1n) is 7.04. The van der Waals surface area contributed by atoms with E-state index in [4.69, 9.17) is 9.57 Å². The first-order chi connectivity index (χ1) is 9.62. The van der Waals surface area contributed by atoms with E-state index in [0.29, 0.717) is 25.2 Å². The fraction of sp³-hybridized carbons (Fsp3) is 0.714. The summed E-state index contributed by atoms with van der Waals surface area (Å²) in [6.45, 7) is 4.11. The Kier molecular flexibility index (Phi) is 4.96. The molecule has 2 rings (SSSR count). The van der Waals surface area contributed by atoms with Crippen LogP contribution in [-0.4, -0.2) is 40.5 Å². The number of esters is 1. The summed E-state index contributed by atoms with van der Waals surface area (Å²) in [5, 5.41) is 14.2. The van der Waals surface area contributed by atoms with Crippen LogP contribution in [0.25, 0.3) is 0 Å². The van der Waals surface area contributed by atoms with E-state index in [1.807, 2.05) is 25.6 Å². The van der Waals surface area contributed by atoms with Crippen LogP contribution in [0.15, 0.2) is 16.5 Å². The van der Waals surface area contributed by atoms with E-state index in [-0.39, 0.29) is 11.3 Å². The van der Waals surface area contributed by atoms with Crippen molar-refractivity contribution in [2.24, 2.45) is 5.16 Å². The van der Waals surface area contributed by atoms with Gasteiger partial charge in [0.25, 0.3) is 0 Å². The molecule has 2 aliphatic heterocycles. The minimum absolute atomic E-state index is 0.0912. The molecule has 1 saturated heterocycles. The van der Waals surface area contributed by atoms with Crippen LogP contribution in [0.2, 0.25) is 0 Å². The molecule has 0 aromatic heterocycles. The van der Waals surface area contributed by atoms with Gasteiger partial charge in [-0.3, -0.25) is 0 Å². The standard InChI is InChI=1S/C14H21NO4S/c1-3-10(15-18-4-2)12-11(16)9-14(19-13(12)17)5-7-20-8-6-14/h16H,3-9H2,1-2H3. The number of hydrogen-bond donors (Lipinski definition) is 1. The molecule has 0 amide bonds. The molecule has 0 radical (unpaired) electrons. The van der Waals surface area contributed by atoms with Gasteiger partial charge in [-0.1, -0.05) is 12.1 Å². The van der Waals surface area contributed by atoms with Gasteiger partial charge in [-0.15, -0.1) is 0 Å². The van der Waals surface area contributed by atoms with Crippen molar-refractivity contribution in [2.45, 2.75) is 45.1 Å². The minimum Gasteiger partial charge on any atom is -0.511 e. The largest absolute Gasteiger partial charge is 0.511 e. The van der Waals surface area contributed by atoms with Crippen molar-refractivity contribution in [3.63, 3.8) is 0 Å². The van der Waals surface area contributed by atoms with Gasteiger partial charge < -0.3 is 14.7 Å². The fourth-order valence-electron chi connectivity index (χ4n) is 2.53. The van der Waals surface area contributed by atoms with Crippen LogP contribution in [-0.2, 0) is 14.4 Å². The predicted molar refractivity (Wildman–Crippen MR) is 79.0 cm³/mol. The predicted octanol–water partition coefficient (Wildman–Crippen LogP) is 2.81. The lowest BCUT2D eigenvalue weighted by Gasteiger charge is -2.39. The van der Waals surface area contributed by atoms with E-state index in [0.717, 1.165) is 24.3 Å². The third-order valence-electron chi connectivity index (χ3n) is 3.62. The molecular weight excluding hydrogens is 278 g/mol. The van der Waals surface area contributed by atoms with Crippen molar-refractivity contribution in [3.8, 4) is 0 Å². The van der Waals surface area contributed by atoms with E-state index in [1.54, 1.807) is 0 Å². The average molecular weight is 299 g/mol. The lowest BCUT2D eigenvalue weighted by atomic mass is 9.87. The number of aliphatic hydroxyl groups excluding tert-OH is 1. The van der Waals surface area contributed by atoms with Crippen molar-refractivity contribution < 1.29 is 19.5 Å². The van der Waals surface area contributed by atoms with Crippen LogP contribution in [0.1, 0.15) is 39.5 Å². The lowest BCUT2D eigenvalue weighted by Crippen LogP contribution is -2.44. The Bertz CT molecular complexity index is 438. The summed E-state index contributed by atoms with van der Waals surface area (Å²) in [5.74, 6) is 1.54. The molecule has 2 aliphatic rings. The van der Waals surface area contributed by atoms with Crippen LogP contribution in [0.5, 0.6) is 0 Å². The lowest BCUT2D eigenvalue weighted by molar-refractivity contribution is -0.158. The Morgan fingerprint density at radius 3 is 2.70 bits per heavy atom. The maximum absolute atomic E-state index is 12.3. The molecule has 112 valence electrons. The topological polar surface area (TPSA) is 68.1 Å². The maximum atomic E-state index is 12.3.